The third kappa shape index (κ3) is 3.64. The first kappa shape index (κ1) is 20.0. The zero-order chi connectivity index (χ0) is 22.3. The summed E-state index contributed by atoms with van der Waals surface area (Å²) in [5, 5.41) is 5.39. The second-order valence-corrected chi connectivity index (χ2v) is 7.92. The maximum Gasteiger partial charge on any atom is 0.325 e. The van der Waals surface area contributed by atoms with Crippen molar-refractivity contribution < 1.29 is 33.3 Å². The average Bonchev–Trinajstić information content (AvgIpc) is 3.31. The Balaban J connectivity index is 1.25. The van der Waals surface area contributed by atoms with Crippen molar-refractivity contribution in [2.75, 3.05) is 31.9 Å². The number of urea groups is 1. The standard InChI is InChI=1S/C22H21N3O7/c1-22(10-13-2-4-16-17(8-13)32-12-31-16)20(27)25(21(28)24-22)11-19(26)23-14-3-5-15-18(9-14)30-7-6-29-15/h2-5,8-9H,6-7,10-12H2,1H3,(H,23,26)(H,24,28)/t22-/m1/s1. The molecule has 0 radical (unpaired) electrons. The van der Waals surface area contributed by atoms with E-state index in [1.54, 1.807) is 37.3 Å². The summed E-state index contributed by atoms with van der Waals surface area (Å²) in [5.74, 6) is 1.38. The third-order valence-corrected chi connectivity index (χ3v) is 5.47. The zero-order valence-electron chi connectivity index (χ0n) is 17.3. The molecule has 3 aliphatic heterocycles. The summed E-state index contributed by atoms with van der Waals surface area (Å²) in [6.45, 7) is 2.27. The van der Waals surface area contributed by atoms with E-state index >= 15 is 0 Å². The average molecular weight is 439 g/mol. The van der Waals surface area contributed by atoms with Gasteiger partial charge in [-0.05, 0) is 36.8 Å². The molecule has 0 aliphatic carbocycles. The lowest BCUT2D eigenvalue weighted by molar-refractivity contribution is -0.133. The molecule has 0 unspecified atom stereocenters. The van der Waals surface area contributed by atoms with Gasteiger partial charge >= 0.3 is 6.03 Å². The molecule has 2 N–H and O–H groups in total. The van der Waals surface area contributed by atoms with E-state index < -0.39 is 29.9 Å². The Hall–Kier alpha value is -3.95. The van der Waals surface area contributed by atoms with Crippen LogP contribution in [-0.4, -0.2) is 54.8 Å². The van der Waals surface area contributed by atoms with Crippen molar-refractivity contribution in [1.29, 1.82) is 0 Å². The minimum Gasteiger partial charge on any atom is -0.486 e. The van der Waals surface area contributed by atoms with Gasteiger partial charge in [-0.3, -0.25) is 14.5 Å². The van der Waals surface area contributed by atoms with Crippen molar-refractivity contribution >= 4 is 23.5 Å². The number of hydrogen-bond acceptors (Lipinski definition) is 7. The van der Waals surface area contributed by atoms with E-state index in [9.17, 15) is 14.4 Å². The SMILES string of the molecule is C[C@]1(Cc2ccc3c(c2)OCO3)NC(=O)N(CC(=O)Nc2ccc3c(c2)OCCO3)C1=O. The van der Waals surface area contributed by atoms with E-state index in [0.29, 0.717) is 41.9 Å². The van der Waals surface area contributed by atoms with Crippen LogP contribution in [0.15, 0.2) is 36.4 Å². The number of rotatable bonds is 5. The fraction of sp³-hybridized carbons (Fsp3) is 0.318. The van der Waals surface area contributed by atoms with Gasteiger partial charge in [0.2, 0.25) is 12.7 Å². The molecule has 10 nitrogen and oxygen atoms in total. The Morgan fingerprint density at radius 3 is 2.53 bits per heavy atom. The molecular formula is C22H21N3O7. The quantitative estimate of drug-likeness (QED) is 0.681. The summed E-state index contributed by atoms with van der Waals surface area (Å²) in [4.78, 5) is 39.0. The van der Waals surface area contributed by atoms with Gasteiger partial charge in [0.05, 0.1) is 0 Å². The maximum absolute atomic E-state index is 13.0. The number of imide groups is 1. The van der Waals surface area contributed by atoms with Gasteiger partial charge < -0.3 is 29.6 Å². The molecule has 4 amide bonds. The molecule has 0 aromatic heterocycles. The number of amides is 4. The molecule has 0 saturated carbocycles. The zero-order valence-corrected chi connectivity index (χ0v) is 17.3. The van der Waals surface area contributed by atoms with E-state index in [4.69, 9.17) is 18.9 Å². The number of ether oxygens (including phenoxy) is 4. The van der Waals surface area contributed by atoms with Gasteiger partial charge in [-0.2, -0.15) is 0 Å². The smallest absolute Gasteiger partial charge is 0.325 e. The lowest BCUT2D eigenvalue weighted by Gasteiger charge is -2.22. The monoisotopic (exact) mass is 439 g/mol. The largest absolute Gasteiger partial charge is 0.486 e. The molecule has 166 valence electrons. The van der Waals surface area contributed by atoms with Crippen LogP contribution in [0.1, 0.15) is 12.5 Å². The maximum atomic E-state index is 13.0. The number of carbonyl (C=O) groups is 3. The molecule has 0 bridgehead atoms. The Bertz CT molecular complexity index is 1120. The second-order valence-electron chi connectivity index (χ2n) is 7.92. The molecule has 1 atom stereocenters. The van der Waals surface area contributed by atoms with Crippen molar-refractivity contribution in [1.82, 2.24) is 10.2 Å². The van der Waals surface area contributed by atoms with Crippen LogP contribution in [0.2, 0.25) is 0 Å². The highest BCUT2D eigenvalue weighted by Crippen LogP contribution is 2.35. The topological polar surface area (TPSA) is 115 Å². The van der Waals surface area contributed by atoms with Crippen molar-refractivity contribution in [3.63, 3.8) is 0 Å². The van der Waals surface area contributed by atoms with E-state index in [-0.39, 0.29) is 13.2 Å². The van der Waals surface area contributed by atoms with E-state index in [1.807, 2.05) is 6.07 Å². The first-order valence-electron chi connectivity index (χ1n) is 10.1. The van der Waals surface area contributed by atoms with Crippen molar-refractivity contribution in [2.45, 2.75) is 18.9 Å². The van der Waals surface area contributed by atoms with Gasteiger partial charge in [0.1, 0.15) is 25.3 Å². The fourth-order valence-electron chi connectivity index (χ4n) is 3.93. The van der Waals surface area contributed by atoms with Gasteiger partial charge in [-0.25, -0.2) is 4.79 Å². The third-order valence-electron chi connectivity index (χ3n) is 5.47. The molecule has 2 aromatic rings. The van der Waals surface area contributed by atoms with Crippen LogP contribution in [-0.2, 0) is 16.0 Å². The number of benzene rings is 2. The summed E-state index contributed by atoms with van der Waals surface area (Å²) >= 11 is 0. The lowest BCUT2D eigenvalue weighted by atomic mass is 9.92. The van der Waals surface area contributed by atoms with Crippen LogP contribution >= 0.6 is 0 Å². The Labute approximate surface area is 183 Å². The molecule has 32 heavy (non-hydrogen) atoms. The molecule has 3 aliphatic rings. The van der Waals surface area contributed by atoms with Crippen LogP contribution in [0.3, 0.4) is 0 Å². The highest BCUT2D eigenvalue weighted by atomic mass is 16.7. The minimum absolute atomic E-state index is 0.151. The highest BCUT2D eigenvalue weighted by molar-refractivity contribution is 6.10. The molecule has 1 fully saturated rings. The molecule has 10 heteroatoms. The highest BCUT2D eigenvalue weighted by Gasteiger charge is 2.48. The van der Waals surface area contributed by atoms with Crippen LogP contribution in [0.5, 0.6) is 23.0 Å². The molecule has 1 saturated heterocycles. The summed E-state index contributed by atoms with van der Waals surface area (Å²) in [6, 6.07) is 9.75. The van der Waals surface area contributed by atoms with Crippen LogP contribution in [0.4, 0.5) is 10.5 Å². The molecule has 0 spiro atoms. The van der Waals surface area contributed by atoms with Gasteiger partial charge in [0.15, 0.2) is 23.0 Å². The predicted octanol–water partition coefficient (Wildman–Crippen LogP) is 1.68. The molecule has 3 heterocycles. The Kier molecular flexibility index (Phi) is 4.76. The number of anilines is 1. The van der Waals surface area contributed by atoms with Gasteiger partial charge in [0, 0.05) is 18.2 Å². The van der Waals surface area contributed by atoms with E-state index in [1.165, 1.54) is 0 Å². The summed E-state index contributed by atoms with van der Waals surface area (Å²) in [7, 11) is 0. The van der Waals surface area contributed by atoms with Crippen molar-refractivity contribution in [3.8, 4) is 23.0 Å². The Morgan fingerprint density at radius 1 is 1.00 bits per heavy atom. The number of nitrogens with one attached hydrogen (secondary N) is 2. The molecular weight excluding hydrogens is 418 g/mol. The molecule has 5 rings (SSSR count). The van der Waals surface area contributed by atoms with Crippen molar-refractivity contribution in [3.05, 3.63) is 42.0 Å². The first-order valence-corrected chi connectivity index (χ1v) is 10.1. The number of fused-ring (bicyclic) bond motifs is 2. The second kappa shape index (κ2) is 7.63. The van der Waals surface area contributed by atoms with E-state index in [2.05, 4.69) is 10.6 Å². The molecule has 2 aromatic carbocycles. The van der Waals surface area contributed by atoms with Gasteiger partial charge in [-0.15, -0.1) is 0 Å². The van der Waals surface area contributed by atoms with Crippen LogP contribution in [0.25, 0.3) is 0 Å². The number of hydrogen-bond donors (Lipinski definition) is 2. The van der Waals surface area contributed by atoms with Crippen LogP contribution in [0, 0.1) is 0 Å². The summed E-state index contributed by atoms with van der Waals surface area (Å²) in [5.41, 5.74) is 0.101. The Morgan fingerprint density at radius 2 is 1.69 bits per heavy atom. The number of nitrogens with zero attached hydrogens (tertiary/aromatic N) is 1. The number of carbonyl (C=O) groups excluding carboxylic acids is 3. The summed E-state index contributed by atoms with van der Waals surface area (Å²) < 4.78 is 21.6. The lowest BCUT2D eigenvalue weighted by Crippen LogP contribution is -2.46. The summed E-state index contributed by atoms with van der Waals surface area (Å²) in [6.07, 6.45) is 0.245. The van der Waals surface area contributed by atoms with Crippen LogP contribution < -0.4 is 29.6 Å². The minimum atomic E-state index is -1.18. The van der Waals surface area contributed by atoms with E-state index in [0.717, 1.165) is 10.5 Å². The van der Waals surface area contributed by atoms with Gasteiger partial charge in [0.25, 0.3) is 5.91 Å². The van der Waals surface area contributed by atoms with Gasteiger partial charge in [-0.1, -0.05) is 6.07 Å². The van der Waals surface area contributed by atoms with Crippen molar-refractivity contribution in [2.24, 2.45) is 0 Å². The normalized spacial score (nSPS) is 20.8. The predicted molar refractivity (Wildman–Crippen MR) is 111 cm³/mol. The fourth-order valence-corrected chi connectivity index (χ4v) is 3.93. The first-order chi connectivity index (χ1) is 15.4.